The Hall–Kier alpha value is -1.95. The van der Waals surface area contributed by atoms with Gasteiger partial charge in [0.2, 0.25) is 11.8 Å². The van der Waals surface area contributed by atoms with Gasteiger partial charge < -0.3 is 14.8 Å². The van der Waals surface area contributed by atoms with Gasteiger partial charge in [-0.2, -0.15) is 0 Å². The summed E-state index contributed by atoms with van der Waals surface area (Å²) in [5, 5.41) is 5.54. The monoisotopic (exact) mass is 284 g/mol. The van der Waals surface area contributed by atoms with Gasteiger partial charge in [0.05, 0.1) is 31.4 Å². The summed E-state index contributed by atoms with van der Waals surface area (Å²) in [6, 6.07) is 2.58. The summed E-state index contributed by atoms with van der Waals surface area (Å²) in [5.41, 5.74) is 0.531. The van der Waals surface area contributed by atoms with E-state index in [9.17, 15) is 9.59 Å². The van der Waals surface area contributed by atoms with E-state index in [0.29, 0.717) is 22.2 Å². The molecule has 1 fully saturated rings. The van der Waals surface area contributed by atoms with Crippen molar-refractivity contribution in [3.63, 3.8) is 0 Å². The van der Waals surface area contributed by atoms with Crippen LogP contribution in [-0.4, -0.2) is 32.1 Å². The van der Waals surface area contributed by atoms with Crippen molar-refractivity contribution in [3.05, 3.63) is 17.2 Å². The quantitative estimate of drug-likeness (QED) is 0.812. The molecule has 1 saturated heterocycles. The van der Waals surface area contributed by atoms with Crippen LogP contribution in [0.15, 0.2) is 12.1 Å². The molecular weight excluding hydrogens is 272 g/mol. The lowest BCUT2D eigenvalue weighted by atomic mass is 10.2. The molecule has 0 spiro atoms. The molecule has 6 nitrogen and oxygen atoms in total. The van der Waals surface area contributed by atoms with Gasteiger partial charge in [-0.05, 0) is 6.07 Å². The summed E-state index contributed by atoms with van der Waals surface area (Å²) in [7, 11) is 2.99. The molecule has 1 aliphatic heterocycles. The average Bonchev–Trinajstić information content (AvgIpc) is 2.68. The van der Waals surface area contributed by atoms with Crippen molar-refractivity contribution in [2.24, 2.45) is 0 Å². The maximum absolute atomic E-state index is 11.5. The molecule has 1 aromatic rings. The Labute approximate surface area is 115 Å². The van der Waals surface area contributed by atoms with Crippen LogP contribution in [-0.2, 0) is 9.59 Å². The van der Waals surface area contributed by atoms with Crippen LogP contribution < -0.4 is 20.1 Å². The fourth-order valence-corrected chi connectivity index (χ4v) is 2.07. The van der Waals surface area contributed by atoms with Gasteiger partial charge in [0.15, 0.2) is 0 Å². The number of carbonyl (C=O) groups is 2. The Kier molecular flexibility index (Phi) is 3.80. The van der Waals surface area contributed by atoms with E-state index in [4.69, 9.17) is 21.1 Å². The second-order valence-corrected chi connectivity index (χ2v) is 4.41. The smallest absolute Gasteiger partial charge is 0.249 e. The Bertz CT molecular complexity index is 533. The molecule has 19 heavy (non-hydrogen) atoms. The molecule has 1 heterocycles. The van der Waals surface area contributed by atoms with E-state index >= 15 is 0 Å². The van der Waals surface area contributed by atoms with Gasteiger partial charge >= 0.3 is 0 Å². The number of nitrogens with one attached hydrogen (secondary N) is 2. The number of ether oxygens (including phenoxy) is 2. The number of rotatable bonds is 4. The largest absolute Gasteiger partial charge is 0.495 e. The number of hydrogen-bond acceptors (Lipinski definition) is 5. The van der Waals surface area contributed by atoms with Crippen molar-refractivity contribution in [1.82, 2.24) is 5.32 Å². The third kappa shape index (κ3) is 2.73. The molecule has 2 amide bonds. The first-order chi connectivity index (χ1) is 9.05. The molecule has 102 valence electrons. The molecule has 2 rings (SSSR count). The highest BCUT2D eigenvalue weighted by Gasteiger charge is 2.31. The highest BCUT2D eigenvalue weighted by atomic mass is 35.5. The van der Waals surface area contributed by atoms with E-state index in [-0.39, 0.29) is 18.2 Å². The molecule has 1 aromatic carbocycles. The molecule has 0 radical (unpaired) electrons. The zero-order chi connectivity index (χ0) is 14.0. The van der Waals surface area contributed by atoms with Gasteiger partial charge in [0.25, 0.3) is 0 Å². The Morgan fingerprint density at radius 1 is 1.26 bits per heavy atom. The van der Waals surface area contributed by atoms with E-state index in [2.05, 4.69) is 10.6 Å². The van der Waals surface area contributed by atoms with Gasteiger partial charge in [-0.25, -0.2) is 0 Å². The van der Waals surface area contributed by atoms with Crippen LogP contribution >= 0.6 is 11.6 Å². The molecule has 2 N–H and O–H groups in total. The SMILES string of the molecule is COc1cc(OC)c(NC2CC(=O)NC2=O)cc1Cl. The highest BCUT2D eigenvalue weighted by molar-refractivity contribution is 6.32. The maximum atomic E-state index is 11.5. The third-order valence-corrected chi connectivity index (χ3v) is 3.07. The molecule has 1 aliphatic rings. The Morgan fingerprint density at radius 3 is 2.47 bits per heavy atom. The van der Waals surface area contributed by atoms with Crippen LogP contribution in [0, 0.1) is 0 Å². The van der Waals surface area contributed by atoms with E-state index in [1.807, 2.05) is 0 Å². The van der Waals surface area contributed by atoms with E-state index in [1.54, 1.807) is 12.1 Å². The highest BCUT2D eigenvalue weighted by Crippen LogP contribution is 2.36. The van der Waals surface area contributed by atoms with Crippen molar-refractivity contribution in [2.75, 3.05) is 19.5 Å². The Morgan fingerprint density at radius 2 is 1.95 bits per heavy atom. The lowest BCUT2D eigenvalue weighted by Crippen LogP contribution is -2.30. The van der Waals surface area contributed by atoms with Crippen LogP contribution in [0.2, 0.25) is 5.02 Å². The number of benzene rings is 1. The van der Waals surface area contributed by atoms with E-state index in [0.717, 1.165) is 0 Å². The lowest BCUT2D eigenvalue weighted by molar-refractivity contribution is -0.124. The summed E-state index contributed by atoms with van der Waals surface area (Å²) in [4.78, 5) is 22.6. The van der Waals surface area contributed by atoms with E-state index in [1.165, 1.54) is 14.2 Å². The number of amides is 2. The molecule has 7 heteroatoms. The van der Waals surface area contributed by atoms with Crippen LogP contribution in [0.1, 0.15) is 6.42 Å². The van der Waals surface area contributed by atoms with Crippen LogP contribution in [0.3, 0.4) is 0 Å². The van der Waals surface area contributed by atoms with Gasteiger partial charge in [0, 0.05) is 6.07 Å². The van der Waals surface area contributed by atoms with Crippen LogP contribution in [0.5, 0.6) is 11.5 Å². The van der Waals surface area contributed by atoms with Crippen LogP contribution in [0.25, 0.3) is 0 Å². The number of imide groups is 1. The van der Waals surface area contributed by atoms with Crippen molar-refractivity contribution in [2.45, 2.75) is 12.5 Å². The van der Waals surface area contributed by atoms with Gasteiger partial charge in [-0.3, -0.25) is 14.9 Å². The van der Waals surface area contributed by atoms with Gasteiger partial charge in [-0.1, -0.05) is 11.6 Å². The maximum Gasteiger partial charge on any atom is 0.249 e. The standard InChI is InChI=1S/C12H13ClN2O4/c1-18-9-5-10(19-2)7(3-6(9)13)14-8-4-11(16)15-12(8)17/h3,5,8,14H,4H2,1-2H3,(H,15,16,17). The van der Waals surface area contributed by atoms with Crippen molar-refractivity contribution in [3.8, 4) is 11.5 Å². The Balaban J connectivity index is 2.27. The average molecular weight is 285 g/mol. The number of anilines is 1. The molecule has 0 bridgehead atoms. The van der Waals surface area contributed by atoms with Gasteiger partial charge in [-0.15, -0.1) is 0 Å². The molecule has 1 atom stereocenters. The fraction of sp³-hybridized carbons (Fsp3) is 0.333. The molecule has 1 unspecified atom stereocenters. The molecule has 0 aliphatic carbocycles. The zero-order valence-electron chi connectivity index (χ0n) is 10.5. The molecule has 0 aromatic heterocycles. The summed E-state index contributed by atoms with van der Waals surface area (Å²) in [6.45, 7) is 0. The minimum atomic E-state index is -0.620. The summed E-state index contributed by atoms with van der Waals surface area (Å²) in [6.07, 6.45) is 0.0889. The number of halogens is 1. The van der Waals surface area contributed by atoms with E-state index < -0.39 is 6.04 Å². The first-order valence-corrected chi connectivity index (χ1v) is 5.94. The lowest BCUT2D eigenvalue weighted by Gasteiger charge is -2.16. The molecule has 0 saturated carbocycles. The third-order valence-electron chi connectivity index (χ3n) is 2.77. The predicted octanol–water partition coefficient (Wildman–Crippen LogP) is 1.18. The minimum Gasteiger partial charge on any atom is -0.495 e. The van der Waals surface area contributed by atoms with Gasteiger partial charge in [0.1, 0.15) is 17.5 Å². The normalized spacial score (nSPS) is 18.2. The van der Waals surface area contributed by atoms with Crippen molar-refractivity contribution < 1.29 is 19.1 Å². The number of carbonyl (C=O) groups excluding carboxylic acids is 2. The second-order valence-electron chi connectivity index (χ2n) is 4.00. The first-order valence-electron chi connectivity index (χ1n) is 5.57. The fourth-order valence-electron chi connectivity index (χ4n) is 1.83. The summed E-state index contributed by atoms with van der Waals surface area (Å²) >= 11 is 6.02. The summed E-state index contributed by atoms with van der Waals surface area (Å²) < 4.78 is 10.3. The first kappa shape index (κ1) is 13.5. The second kappa shape index (κ2) is 5.36. The number of hydrogen-bond donors (Lipinski definition) is 2. The molecular formula is C12H13ClN2O4. The summed E-state index contributed by atoms with van der Waals surface area (Å²) in [5.74, 6) is 0.282. The minimum absolute atomic E-state index is 0.0889. The van der Waals surface area contributed by atoms with Crippen LogP contribution in [0.4, 0.5) is 5.69 Å². The van der Waals surface area contributed by atoms with Crippen molar-refractivity contribution >= 4 is 29.1 Å². The van der Waals surface area contributed by atoms with Crippen molar-refractivity contribution in [1.29, 1.82) is 0 Å². The number of methoxy groups -OCH3 is 2. The predicted molar refractivity (Wildman–Crippen MR) is 69.7 cm³/mol. The zero-order valence-corrected chi connectivity index (χ0v) is 11.2. The topological polar surface area (TPSA) is 76.7 Å².